The van der Waals surface area contributed by atoms with Crippen molar-refractivity contribution in [3.8, 4) is 0 Å². The molecule has 0 spiro atoms. The SMILES string of the molecule is [2H]C(C)(C)N1c2nccnc2N(c2c(C)ccc3c2oc2nc(C)ccc23)C1C. The molecule has 28 heavy (non-hydrogen) atoms. The molecular formula is C22H23N5O. The number of furan rings is 1. The molecule has 0 saturated carbocycles. The minimum Gasteiger partial charge on any atom is -0.435 e. The summed E-state index contributed by atoms with van der Waals surface area (Å²) in [6, 6.07) is 7.39. The smallest absolute Gasteiger partial charge is 0.227 e. The van der Waals surface area contributed by atoms with E-state index in [0.717, 1.165) is 39.1 Å². The Kier molecular flexibility index (Phi) is 3.36. The number of hydrogen-bond donors (Lipinski definition) is 0. The van der Waals surface area contributed by atoms with Crippen LogP contribution in [0, 0.1) is 13.8 Å². The van der Waals surface area contributed by atoms with Gasteiger partial charge in [-0.2, -0.15) is 0 Å². The molecule has 3 aromatic heterocycles. The van der Waals surface area contributed by atoms with Crippen LogP contribution in [0.2, 0.25) is 0 Å². The van der Waals surface area contributed by atoms with Crippen molar-refractivity contribution in [1.82, 2.24) is 15.0 Å². The van der Waals surface area contributed by atoms with Gasteiger partial charge in [-0.3, -0.25) is 4.90 Å². The summed E-state index contributed by atoms with van der Waals surface area (Å²) >= 11 is 0. The third-order valence-corrected chi connectivity index (χ3v) is 5.41. The predicted molar refractivity (Wildman–Crippen MR) is 112 cm³/mol. The summed E-state index contributed by atoms with van der Waals surface area (Å²) in [4.78, 5) is 17.9. The van der Waals surface area contributed by atoms with E-state index < -0.39 is 6.02 Å². The highest BCUT2D eigenvalue weighted by Crippen LogP contribution is 2.46. The van der Waals surface area contributed by atoms with Crippen LogP contribution in [-0.2, 0) is 0 Å². The molecule has 0 bridgehead atoms. The van der Waals surface area contributed by atoms with Crippen LogP contribution in [0.1, 0.15) is 33.4 Å². The number of anilines is 3. The number of pyridine rings is 1. The largest absolute Gasteiger partial charge is 0.435 e. The van der Waals surface area contributed by atoms with Gasteiger partial charge in [-0.25, -0.2) is 15.0 Å². The second kappa shape index (κ2) is 5.92. The van der Waals surface area contributed by atoms with Crippen LogP contribution < -0.4 is 9.80 Å². The lowest BCUT2D eigenvalue weighted by Crippen LogP contribution is -2.42. The Morgan fingerprint density at radius 1 is 1.04 bits per heavy atom. The number of hydrogen-bond acceptors (Lipinski definition) is 6. The standard InChI is InChI=1S/C22H23N5O/c1-12(2)26-15(5)27(21-20(26)23-10-11-24-21)18-13(3)6-8-16-17-9-7-14(4)25-22(17)28-19(16)18/h6-12,15H,1-5H3/i12D. The van der Waals surface area contributed by atoms with Gasteiger partial charge in [0, 0.05) is 34.9 Å². The van der Waals surface area contributed by atoms with E-state index in [-0.39, 0.29) is 6.17 Å². The molecule has 1 aliphatic heterocycles. The average Bonchev–Trinajstić information content (AvgIpc) is 3.15. The quantitative estimate of drug-likeness (QED) is 0.486. The first kappa shape index (κ1) is 15.9. The number of benzene rings is 1. The Morgan fingerprint density at radius 3 is 2.50 bits per heavy atom. The molecule has 6 heteroatoms. The number of rotatable bonds is 2. The molecule has 1 atom stereocenters. The molecule has 0 N–H and O–H groups in total. The first-order chi connectivity index (χ1) is 13.8. The summed E-state index contributed by atoms with van der Waals surface area (Å²) in [5.74, 6) is 1.45. The van der Waals surface area contributed by atoms with Gasteiger partial charge in [0.05, 0.1) is 7.06 Å². The lowest BCUT2D eigenvalue weighted by molar-refractivity contribution is 0.597. The summed E-state index contributed by atoms with van der Waals surface area (Å²) < 4.78 is 14.9. The van der Waals surface area contributed by atoms with Crippen molar-refractivity contribution in [2.45, 2.75) is 46.8 Å². The van der Waals surface area contributed by atoms with Crippen LogP contribution in [0.4, 0.5) is 17.3 Å². The van der Waals surface area contributed by atoms with Gasteiger partial charge in [0.25, 0.3) is 0 Å². The molecule has 6 nitrogen and oxygen atoms in total. The maximum atomic E-state index is 8.67. The highest BCUT2D eigenvalue weighted by atomic mass is 16.3. The van der Waals surface area contributed by atoms with Crippen LogP contribution in [0.25, 0.3) is 22.1 Å². The van der Waals surface area contributed by atoms with Crippen molar-refractivity contribution in [2.75, 3.05) is 9.80 Å². The first-order valence-electron chi connectivity index (χ1n) is 9.96. The van der Waals surface area contributed by atoms with E-state index >= 15 is 0 Å². The Balaban J connectivity index is 1.81. The van der Waals surface area contributed by atoms with Crippen LogP contribution in [0.3, 0.4) is 0 Å². The highest BCUT2D eigenvalue weighted by molar-refractivity contribution is 6.09. The molecule has 0 amide bonds. The van der Waals surface area contributed by atoms with Gasteiger partial charge in [0.15, 0.2) is 17.2 Å². The van der Waals surface area contributed by atoms with Crippen molar-refractivity contribution < 1.29 is 5.79 Å². The molecule has 4 heterocycles. The van der Waals surface area contributed by atoms with E-state index in [1.54, 1.807) is 12.4 Å². The van der Waals surface area contributed by atoms with E-state index in [1.807, 2.05) is 31.7 Å². The lowest BCUT2D eigenvalue weighted by Gasteiger charge is -2.32. The first-order valence-corrected chi connectivity index (χ1v) is 9.46. The highest BCUT2D eigenvalue weighted by Gasteiger charge is 2.39. The fraction of sp³-hybridized carbons (Fsp3) is 0.318. The Bertz CT molecular complexity index is 1260. The summed E-state index contributed by atoms with van der Waals surface area (Å²) in [5.41, 5.74) is 4.35. The van der Waals surface area contributed by atoms with Gasteiger partial charge < -0.3 is 9.32 Å². The average molecular weight is 374 g/mol. The number of aryl methyl sites for hydroxylation is 2. The van der Waals surface area contributed by atoms with Crippen molar-refractivity contribution in [2.24, 2.45) is 0 Å². The molecule has 0 saturated heterocycles. The van der Waals surface area contributed by atoms with Gasteiger partial charge in [-0.05, 0) is 52.3 Å². The molecular weight excluding hydrogens is 350 g/mol. The van der Waals surface area contributed by atoms with Crippen LogP contribution in [0.5, 0.6) is 0 Å². The number of fused-ring (bicyclic) bond motifs is 4. The van der Waals surface area contributed by atoms with Gasteiger partial charge >= 0.3 is 0 Å². The zero-order valence-corrected chi connectivity index (χ0v) is 16.7. The second-order valence-electron chi connectivity index (χ2n) is 7.54. The zero-order chi connectivity index (χ0) is 20.5. The third kappa shape index (κ3) is 2.24. The normalized spacial score (nSPS) is 17.5. The summed E-state index contributed by atoms with van der Waals surface area (Å²) in [5, 5.41) is 2.02. The van der Waals surface area contributed by atoms with Crippen LogP contribution in [-0.4, -0.2) is 27.1 Å². The Labute approximate surface area is 165 Å². The fourth-order valence-electron chi connectivity index (χ4n) is 4.21. The van der Waals surface area contributed by atoms with Gasteiger partial charge in [-0.15, -0.1) is 0 Å². The Morgan fingerprint density at radius 2 is 1.75 bits per heavy atom. The maximum Gasteiger partial charge on any atom is 0.227 e. The van der Waals surface area contributed by atoms with Crippen LogP contribution >= 0.6 is 0 Å². The number of nitrogens with zero attached hydrogens (tertiary/aromatic N) is 5. The second-order valence-corrected chi connectivity index (χ2v) is 7.54. The van der Waals surface area contributed by atoms with E-state index in [9.17, 15) is 0 Å². The van der Waals surface area contributed by atoms with E-state index in [2.05, 4.69) is 51.9 Å². The molecule has 0 aliphatic carbocycles. The molecule has 0 radical (unpaired) electrons. The van der Waals surface area contributed by atoms with E-state index in [0.29, 0.717) is 11.5 Å². The molecule has 5 rings (SSSR count). The van der Waals surface area contributed by atoms with E-state index in [1.165, 1.54) is 0 Å². The lowest BCUT2D eigenvalue weighted by atomic mass is 10.1. The summed E-state index contributed by atoms with van der Waals surface area (Å²) in [6.45, 7) is 9.84. The van der Waals surface area contributed by atoms with Crippen molar-refractivity contribution >= 4 is 39.4 Å². The fourth-order valence-corrected chi connectivity index (χ4v) is 4.21. The molecule has 1 aromatic carbocycles. The predicted octanol–water partition coefficient (Wildman–Crippen LogP) is 5.10. The number of aromatic nitrogens is 3. The minimum absolute atomic E-state index is 0.146. The summed E-state index contributed by atoms with van der Waals surface area (Å²) in [7, 11) is 0. The van der Waals surface area contributed by atoms with Crippen molar-refractivity contribution in [3.05, 3.63) is 47.9 Å². The molecule has 1 unspecified atom stereocenters. The molecule has 0 fully saturated rings. The van der Waals surface area contributed by atoms with Gasteiger partial charge in [-0.1, -0.05) is 12.1 Å². The summed E-state index contributed by atoms with van der Waals surface area (Å²) in [6.07, 6.45) is 3.22. The monoisotopic (exact) mass is 374 g/mol. The maximum absolute atomic E-state index is 8.67. The third-order valence-electron chi connectivity index (χ3n) is 5.41. The van der Waals surface area contributed by atoms with Crippen molar-refractivity contribution in [1.29, 1.82) is 0 Å². The molecule has 142 valence electrons. The molecule has 4 aromatic rings. The minimum atomic E-state index is -0.854. The van der Waals surface area contributed by atoms with Crippen molar-refractivity contribution in [3.63, 3.8) is 0 Å². The van der Waals surface area contributed by atoms with Gasteiger partial charge in [0.2, 0.25) is 5.71 Å². The van der Waals surface area contributed by atoms with Gasteiger partial charge in [0.1, 0.15) is 6.17 Å². The topological polar surface area (TPSA) is 58.3 Å². The zero-order valence-electron chi connectivity index (χ0n) is 17.7. The van der Waals surface area contributed by atoms with E-state index in [4.69, 9.17) is 5.79 Å². The molecule has 1 aliphatic rings. The Hall–Kier alpha value is -3.15. The van der Waals surface area contributed by atoms with Crippen LogP contribution in [0.15, 0.2) is 41.1 Å².